The Balaban J connectivity index is 3.78. The van der Waals surface area contributed by atoms with E-state index in [1.165, 1.54) is 0 Å². The molecule has 0 aromatic heterocycles. The highest BCUT2D eigenvalue weighted by molar-refractivity contribution is 7.84. The maximum atomic E-state index is 11.5. The average molecular weight is 248 g/mol. The van der Waals surface area contributed by atoms with Gasteiger partial charge in [0.1, 0.15) is 0 Å². The molecule has 0 spiro atoms. The molecule has 0 heterocycles. The lowest BCUT2D eigenvalue weighted by molar-refractivity contribution is -0.121. The molecule has 0 aliphatic heterocycles. The van der Waals surface area contributed by atoms with E-state index in [2.05, 4.69) is 19.2 Å². The molecule has 0 radical (unpaired) electrons. The van der Waals surface area contributed by atoms with Gasteiger partial charge in [0.25, 0.3) is 0 Å². The monoisotopic (exact) mass is 248 g/mol. The summed E-state index contributed by atoms with van der Waals surface area (Å²) in [5.74, 6) is 1.35. The Morgan fingerprint density at radius 2 is 2.06 bits per heavy atom. The van der Waals surface area contributed by atoms with Gasteiger partial charge in [-0.05, 0) is 24.8 Å². The van der Waals surface area contributed by atoms with Crippen molar-refractivity contribution in [3.05, 3.63) is 0 Å². The summed E-state index contributed by atoms with van der Waals surface area (Å²) in [6.45, 7) is 5.29. The Kier molecular flexibility index (Phi) is 8.47. The van der Waals surface area contributed by atoms with Crippen LogP contribution in [-0.2, 0) is 15.6 Å². The predicted molar refractivity (Wildman–Crippen MR) is 68.6 cm³/mol. The van der Waals surface area contributed by atoms with E-state index in [1.54, 1.807) is 6.26 Å². The summed E-state index contributed by atoms with van der Waals surface area (Å²) in [4.78, 5) is 11.5. The van der Waals surface area contributed by atoms with Gasteiger partial charge in [0.05, 0.1) is 0 Å². The molecule has 1 amide bonds. The first-order valence-corrected chi connectivity index (χ1v) is 7.45. The van der Waals surface area contributed by atoms with E-state index in [1.807, 2.05) is 0 Å². The van der Waals surface area contributed by atoms with Crippen LogP contribution in [0.4, 0.5) is 0 Å². The van der Waals surface area contributed by atoms with Gasteiger partial charge >= 0.3 is 0 Å². The average Bonchev–Trinajstić information content (AvgIpc) is 2.15. The summed E-state index contributed by atoms with van der Waals surface area (Å²) < 4.78 is 10.8. The summed E-state index contributed by atoms with van der Waals surface area (Å²) in [6, 6.07) is 0. The highest BCUT2D eigenvalue weighted by Crippen LogP contribution is 2.13. The molecule has 0 bridgehead atoms. The molecule has 4 nitrogen and oxygen atoms in total. The Hall–Kier alpha value is -0.420. The van der Waals surface area contributed by atoms with Crippen molar-refractivity contribution >= 4 is 16.7 Å². The molecule has 2 atom stereocenters. The molecule has 0 fully saturated rings. The number of hydrogen-bond acceptors (Lipinski definition) is 3. The maximum absolute atomic E-state index is 11.5. The number of hydrogen-bond donors (Lipinski definition) is 2. The fourth-order valence-corrected chi connectivity index (χ4v) is 1.99. The summed E-state index contributed by atoms with van der Waals surface area (Å²) in [5, 5.41) is 2.76. The number of rotatable bonds is 8. The van der Waals surface area contributed by atoms with Gasteiger partial charge in [-0.3, -0.25) is 9.00 Å². The number of carbonyl (C=O) groups excluding carboxylic acids is 1. The molecule has 0 aliphatic carbocycles. The van der Waals surface area contributed by atoms with Gasteiger partial charge in [-0.25, -0.2) is 0 Å². The van der Waals surface area contributed by atoms with E-state index in [0.29, 0.717) is 31.2 Å². The van der Waals surface area contributed by atoms with Gasteiger partial charge < -0.3 is 11.1 Å². The Bertz CT molecular complexity index is 232. The van der Waals surface area contributed by atoms with Crippen LogP contribution in [0.1, 0.15) is 26.7 Å². The quantitative estimate of drug-likeness (QED) is 0.657. The van der Waals surface area contributed by atoms with E-state index in [9.17, 15) is 9.00 Å². The molecule has 0 saturated heterocycles. The van der Waals surface area contributed by atoms with Crippen molar-refractivity contribution in [2.24, 2.45) is 17.6 Å². The molecule has 16 heavy (non-hydrogen) atoms. The second-order valence-electron chi connectivity index (χ2n) is 4.56. The van der Waals surface area contributed by atoms with Crippen LogP contribution < -0.4 is 11.1 Å². The smallest absolute Gasteiger partial charge is 0.220 e. The predicted octanol–water partition coefficient (Wildman–Crippen LogP) is 0.492. The molecular weight excluding hydrogens is 224 g/mol. The molecule has 0 rings (SSSR count). The standard InChI is InChI=1S/C11H24N2O2S/c1-9(2)6-10(8-12)7-11(14)13-4-5-16(3)15/h9-10H,4-8,12H2,1-3H3,(H,13,14)/t10-,16?/m0/s1. The zero-order chi connectivity index (χ0) is 12.6. The third kappa shape index (κ3) is 8.85. The summed E-state index contributed by atoms with van der Waals surface area (Å²) >= 11 is 0. The van der Waals surface area contributed by atoms with Gasteiger partial charge in [0.15, 0.2) is 0 Å². The number of carbonyl (C=O) groups is 1. The summed E-state index contributed by atoms with van der Waals surface area (Å²) in [7, 11) is -0.845. The fourth-order valence-electron chi connectivity index (χ4n) is 1.60. The Morgan fingerprint density at radius 3 is 2.50 bits per heavy atom. The zero-order valence-electron chi connectivity index (χ0n) is 10.5. The van der Waals surface area contributed by atoms with Crippen molar-refractivity contribution in [3.63, 3.8) is 0 Å². The molecule has 5 heteroatoms. The first-order chi connectivity index (χ1) is 7.45. The minimum Gasteiger partial charge on any atom is -0.355 e. The van der Waals surface area contributed by atoms with Crippen LogP contribution in [0.5, 0.6) is 0 Å². The zero-order valence-corrected chi connectivity index (χ0v) is 11.3. The van der Waals surface area contributed by atoms with Gasteiger partial charge in [-0.15, -0.1) is 0 Å². The normalized spacial score (nSPS) is 14.8. The van der Waals surface area contributed by atoms with Crippen molar-refractivity contribution in [1.82, 2.24) is 5.32 Å². The third-order valence-corrected chi connectivity index (χ3v) is 3.10. The fraction of sp³-hybridized carbons (Fsp3) is 0.909. The number of nitrogens with one attached hydrogen (secondary N) is 1. The molecule has 0 saturated carbocycles. The minimum atomic E-state index is -0.845. The molecule has 1 unspecified atom stereocenters. The lowest BCUT2D eigenvalue weighted by atomic mass is 9.94. The molecule has 3 N–H and O–H groups in total. The highest BCUT2D eigenvalue weighted by atomic mass is 32.2. The lowest BCUT2D eigenvalue weighted by Crippen LogP contribution is -2.31. The van der Waals surface area contributed by atoms with Gasteiger partial charge in [-0.1, -0.05) is 13.8 Å². The van der Waals surface area contributed by atoms with Crippen molar-refractivity contribution in [2.45, 2.75) is 26.7 Å². The van der Waals surface area contributed by atoms with E-state index in [-0.39, 0.29) is 11.8 Å². The van der Waals surface area contributed by atoms with Gasteiger partial charge in [-0.2, -0.15) is 0 Å². The van der Waals surface area contributed by atoms with Crippen LogP contribution in [0.3, 0.4) is 0 Å². The maximum Gasteiger partial charge on any atom is 0.220 e. The third-order valence-electron chi connectivity index (χ3n) is 2.32. The van der Waals surface area contributed by atoms with Crippen molar-refractivity contribution in [3.8, 4) is 0 Å². The van der Waals surface area contributed by atoms with Crippen LogP contribution in [0.15, 0.2) is 0 Å². The van der Waals surface area contributed by atoms with Crippen LogP contribution in [0, 0.1) is 11.8 Å². The number of nitrogens with two attached hydrogens (primary N) is 1. The number of amides is 1. The second kappa shape index (κ2) is 8.70. The topological polar surface area (TPSA) is 72.2 Å². The van der Waals surface area contributed by atoms with E-state index < -0.39 is 10.8 Å². The van der Waals surface area contributed by atoms with Crippen molar-refractivity contribution in [1.29, 1.82) is 0 Å². The second-order valence-corrected chi connectivity index (χ2v) is 6.12. The van der Waals surface area contributed by atoms with Crippen LogP contribution in [0.2, 0.25) is 0 Å². The lowest BCUT2D eigenvalue weighted by Gasteiger charge is -2.16. The molecule has 96 valence electrons. The SMILES string of the molecule is CC(C)C[C@H](CN)CC(=O)NCCS(C)=O. The molecule has 0 aromatic rings. The highest BCUT2D eigenvalue weighted by Gasteiger charge is 2.13. The van der Waals surface area contributed by atoms with E-state index >= 15 is 0 Å². The Morgan fingerprint density at radius 1 is 1.44 bits per heavy atom. The largest absolute Gasteiger partial charge is 0.355 e. The molecule has 0 aliphatic rings. The first-order valence-electron chi connectivity index (χ1n) is 5.72. The summed E-state index contributed by atoms with van der Waals surface area (Å²) in [6.07, 6.45) is 3.09. The van der Waals surface area contributed by atoms with Gasteiger partial charge in [0, 0.05) is 35.8 Å². The first kappa shape index (κ1) is 15.6. The van der Waals surface area contributed by atoms with E-state index in [0.717, 1.165) is 6.42 Å². The van der Waals surface area contributed by atoms with Crippen molar-refractivity contribution < 1.29 is 9.00 Å². The minimum absolute atomic E-state index is 0.0153. The molecule has 0 aromatic carbocycles. The van der Waals surface area contributed by atoms with Crippen molar-refractivity contribution in [2.75, 3.05) is 25.1 Å². The van der Waals surface area contributed by atoms with Gasteiger partial charge in [0.2, 0.25) is 5.91 Å². The Labute approximate surface area is 101 Å². The van der Waals surface area contributed by atoms with Crippen LogP contribution in [-0.4, -0.2) is 35.2 Å². The molecular formula is C11H24N2O2S. The van der Waals surface area contributed by atoms with Crippen LogP contribution in [0.25, 0.3) is 0 Å². The van der Waals surface area contributed by atoms with E-state index in [4.69, 9.17) is 5.73 Å². The summed E-state index contributed by atoms with van der Waals surface area (Å²) in [5.41, 5.74) is 5.62. The van der Waals surface area contributed by atoms with Crippen LogP contribution >= 0.6 is 0 Å².